The zero-order valence-corrected chi connectivity index (χ0v) is 20.8. The van der Waals surface area contributed by atoms with Gasteiger partial charge in [-0.1, -0.05) is 40.0 Å². The fourth-order valence-corrected chi connectivity index (χ4v) is 4.81. The fraction of sp³-hybridized carbons (Fsp3) is 0.652. The first-order chi connectivity index (χ1) is 16.1. The summed E-state index contributed by atoms with van der Waals surface area (Å²) in [6.07, 6.45) is 2.89. The van der Waals surface area contributed by atoms with Crippen LogP contribution in [0.5, 0.6) is 0 Å². The van der Waals surface area contributed by atoms with Crippen molar-refractivity contribution in [3.63, 3.8) is 0 Å². The molecule has 0 spiro atoms. The van der Waals surface area contributed by atoms with Crippen LogP contribution in [0.15, 0.2) is 12.3 Å². The number of hydrogen-bond acceptors (Lipinski definition) is 8. The predicted molar refractivity (Wildman–Crippen MR) is 127 cm³/mol. The molecule has 188 valence electrons. The smallest absolute Gasteiger partial charge is 0.452 e. The first-order valence-corrected chi connectivity index (χ1v) is 12.4. The summed E-state index contributed by atoms with van der Waals surface area (Å²) in [4.78, 5) is 22.4. The molecule has 1 atom stereocenters. The Kier molecular flexibility index (Phi) is 8.72. The summed E-state index contributed by atoms with van der Waals surface area (Å²) in [5.74, 6) is -0.640. The van der Waals surface area contributed by atoms with Crippen LogP contribution in [0.2, 0.25) is 0 Å². The Bertz CT molecular complexity index is 960. The highest BCUT2D eigenvalue weighted by molar-refractivity contribution is 7.09. The zero-order valence-electron chi connectivity index (χ0n) is 20.0. The minimum atomic E-state index is -4.61. The molecule has 1 aliphatic rings. The van der Waals surface area contributed by atoms with Gasteiger partial charge in [-0.05, 0) is 36.3 Å². The van der Waals surface area contributed by atoms with E-state index < -0.39 is 12.0 Å². The second-order valence-corrected chi connectivity index (χ2v) is 9.96. The summed E-state index contributed by atoms with van der Waals surface area (Å²) >= 11 is 0.657. The first kappa shape index (κ1) is 26.2. The number of alkyl halides is 3. The van der Waals surface area contributed by atoms with Gasteiger partial charge in [0.1, 0.15) is 0 Å². The number of aromatic nitrogens is 3. The largest absolute Gasteiger partial charge is 0.469 e. The maximum Gasteiger partial charge on any atom is 0.452 e. The number of carbonyl (C=O) groups excluding carboxylic acids is 1. The molecule has 1 aliphatic carbocycles. The average molecular weight is 500 g/mol. The average Bonchev–Trinajstić information content (AvgIpc) is 3.27. The van der Waals surface area contributed by atoms with Gasteiger partial charge in [-0.25, -0.2) is 4.98 Å². The normalized spacial score (nSPS) is 15.9. The molecule has 0 radical (unpaired) electrons. The third-order valence-electron chi connectivity index (χ3n) is 5.93. The molecule has 0 amide bonds. The van der Waals surface area contributed by atoms with Crippen LogP contribution in [0.4, 0.5) is 29.8 Å². The number of nitrogens with zero attached hydrogens (tertiary/aromatic N) is 4. The highest BCUT2D eigenvalue weighted by Gasteiger charge is 2.36. The van der Waals surface area contributed by atoms with E-state index in [9.17, 15) is 18.0 Å². The Morgan fingerprint density at radius 1 is 1.26 bits per heavy atom. The van der Waals surface area contributed by atoms with E-state index in [1.807, 2.05) is 13.0 Å². The van der Waals surface area contributed by atoms with Gasteiger partial charge in [0.25, 0.3) is 0 Å². The van der Waals surface area contributed by atoms with Crippen LogP contribution < -0.4 is 10.2 Å². The van der Waals surface area contributed by atoms with Gasteiger partial charge >= 0.3 is 12.1 Å². The molecule has 1 N–H and O–H groups in total. The standard InChI is InChI=1S/C23H32F3N5O2S/c1-14(2)13-31(17-8-6-5-7-9-17)20-18(28-22-29-21(30-34-22)23(24,25)26)11-16(12-27-20)15(3)10-19(32)33-4/h11-12,14-15,17H,5-10,13H2,1-4H3,(H,28,29,30). The number of pyridine rings is 1. The van der Waals surface area contributed by atoms with Crippen molar-refractivity contribution in [2.75, 3.05) is 23.9 Å². The fourth-order valence-electron chi connectivity index (χ4n) is 4.21. The summed E-state index contributed by atoms with van der Waals surface area (Å²) in [7, 11) is 1.34. The number of esters is 1. The zero-order chi connectivity index (χ0) is 24.9. The third kappa shape index (κ3) is 6.80. The Morgan fingerprint density at radius 2 is 1.97 bits per heavy atom. The van der Waals surface area contributed by atoms with Crippen LogP contribution in [0.3, 0.4) is 0 Å². The summed E-state index contributed by atoms with van der Waals surface area (Å²) in [5, 5.41) is 3.09. The van der Waals surface area contributed by atoms with E-state index in [2.05, 4.69) is 33.4 Å². The molecule has 1 saturated carbocycles. The van der Waals surface area contributed by atoms with Crippen LogP contribution in [0.1, 0.15) is 76.6 Å². The van der Waals surface area contributed by atoms with Crippen LogP contribution in [-0.2, 0) is 15.7 Å². The second-order valence-electron chi connectivity index (χ2n) is 9.21. The topological polar surface area (TPSA) is 80.2 Å². The van der Waals surface area contributed by atoms with Crippen molar-refractivity contribution in [1.29, 1.82) is 0 Å². The SMILES string of the molecule is COC(=O)CC(C)c1cnc(N(CC(C)C)C2CCCCC2)c(Nc2nc(C(F)(F)F)ns2)c1. The van der Waals surface area contributed by atoms with Crippen LogP contribution in [0, 0.1) is 5.92 Å². The molecule has 11 heteroatoms. The maximum atomic E-state index is 13.0. The van der Waals surface area contributed by atoms with E-state index in [4.69, 9.17) is 9.72 Å². The lowest BCUT2D eigenvalue weighted by Crippen LogP contribution is -2.40. The van der Waals surface area contributed by atoms with Crippen molar-refractivity contribution in [2.45, 2.75) is 77.4 Å². The van der Waals surface area contributed by atoms with Crippen LogP contribution in [0.25, 0.3) is 0 Å². The summed E-state index contributed by atoms with van der Waals surface area (Å²) in [6.45, 7) is 6.93. The van der Waals surface area contributed by atoms with E-state index in [0.717, 1.165) is 37.8 Å². The molecular weight excluding hydrogens is 467 g/mol. The van der Waals surface area contributed by atoms with Gasteiger partial charge in [-0.2, -0.15) is 22.5 Å². The Balaban J connectivity index is 2.00. The Morgan fingerprint density at radius 3 is 2.56 bits per heavy atom. The molecule has 34 heavy (non-hydrogen) atoms. The molecule has 0 aromatic carbocycles. The molecule has 2 heterocycles. The highest BCUT2D eigenvalue weighted by Crippen LogP contribution is 2.37. The predicted octanol–water partition coefficient (Wildman–Crippen LogP) is 6.16. The molecule has 7 nitrogen and oxygen atoms in total. The van der Waals surface area contributed by atoms with Crippen molar-refractivity contribution in [2.24, 2.45) is 5.92 Å². The number of carbonyl (C=O) groups is 1. The molecular formula is C23H32F3N5O2S. The van der Waals surface area contributed by atoms with Crippen molar-refractivity contribution >= 4 is 34.1 Å². The number of rotatable bonds is 9. The number of halogens is 3. The van der Waals surface area contributed by atoms with Gasteiger partial charge in [0.05, 0.1) is 19.2 Å². The minimum Gasteiger partial charge on any atom is -0.469 e. The van der Waals surface area contributed by atoms with Gasteiger partial charge in [0.2, 0.25) is 11.0 Å². The lowest BCUT2D eigenvalue weighted by atomic mass is 9.93. The minimum absolute atomic E-state index is 0.0429. The highest BCUT2D eigenvalue weighted by atomic mass is 32.1. The summed E-state index contributed by atoms with van der Waals surface area (Å²) in [6, 6.07) is 2.16. The van der Waals surface area contributed by atoms with Gasteiger partial charge in [0.15, 0.2) is 5.82 Å². The molecule has 3 rings (SSSR count). The molecule has 1 unspecified atom stereocenters. The molecule has 1 fully saturated rings. The van der Waals surface area contributed by atoms with Crippen molar-refractivity contribution in [1.82, 2.24) is 14.3 Å². The van der Waals surface area contributed by atoms with Gasteiger partial charge in [-0.3, -0.25) is 4.79 Å². The summed E-state index contributed by atoms with van der Waals surface area (Å²) in [5.41, 5.74) is 1.34. The van der Waals surface area contributed by atoms with E-state index in [1.54, 1.807) is 6.20 Å². The molecule has 0 bridgehead atoms. The quantitative estimate of drug-likeness (QED) is 0.414. The molecule has 2 aromatic rings. The third-order valence-corrected chi connectivity index (χ3v) is 6.56. The first-order valence-electron chi connectivity index (χ1n) is 11.6. The van der Waals surface area contributed by atoms with E-state index in [1.165, 1.54) is 13.5 Å². The molecule has 0 aliphatic heterocycles. The van der Waals surface area contributed by atoms with E-state index in [0.29, 0.717) is 35.0 Å². The Hall–Kier alpha value is -2.43. The second kappa shape index (κ2) is 11.3. The monoisotopic (exact) mass is 499 g/mol. The van der Waals surface area contributed by atoms with Crippen molar-refractivity contribution in [3.8, 4) is 0 Å². The van der Waals surface area contributed by atoms with Crippen LogP contribution >= 0.6 is 11.5 Å². The van der Waals surface area contributed by atoms with Gasteiger partial charge in [0, 0.05) is 30.3 Å². The van der Waals surface area contributed by atoms with Crippen molar-refractivity contribution in [3.05, 3.63) is 23.7 Å². The van der Waals surface area contributed by atoms with Gasteiger partial charge < -0.3 is 15.0 Å². The number of hydrogen-bond donors (Lipinski definition) is 1. The number of nitrogens with one attached hydrogen (secondary N) is 1. The number of ether oxygens (including phenoxy) is 1. The van der Waals surface area contributed by atoms with Gasteiger partial charge in [-0.15, -0.1) is 0 Å². The number of anilines is 3. The lowest BCUT2D eigenvalue weighted by molar-refractivity contribution is -0.144. The molecule has 2 aromatic heterocycles. The summed E-state index contributed by atoms with van der Waals surface area (Å²) < 4.78 is 47.4. The van der Waals surface area contributed by atoms with E-state index >= 15 is 0 Å². The van der Waals surface area contributed by atoms with Crippen molar-refractivity contribution < 1.29 is 22.7 Å². The van der Waals surface area contributed by atoms with E-state index in [-0.39, 0.29) is 23.4 Å². The lowest BCUT2D eigenvalue weighted by Gasteiger charge is -2.37. The van der Waals surface area contributed by atoms with Crippen LogP contribution in [-0.4, -0.2) is 40.0 Å². The number of methoxy groups -OCH3 is 1. The maximum absolute atomic E-state index is 13.0. The Labute approximate surface area is 202 Å². The molecule has 0 saturated heterocycles.